The number of methoxy groups -OCH3 is 3. The number of nitriles is 1. The van der Waals surface area contributed by atoms with Crippen molar-refractivity contribution in [3.63, 3.8) is 0 Å². The average molecular weight is 353 g/mol. The third kappa shape index (κ3) is 4.68. The smallest absolute Gasteiger partial charge is 0.267 e. The molecule has 2 aromatic rings. The molecule has 7 heteroatoms. The Morgan fingerprint density at radius 3 is 2.19 bits per heavy atom. The molecule has 0 unspecified atom stereocenters. The Hall–Kier alpha value is -3.66. The lowest BCUT2D eigenvalue weighted by Crippen LogP contribution is -2.14. The molecule has 26 heavy (non-hydrogen) atoms. The standard InChI is InChI=1S/C19H19N3O4/c1-24-16-7-4-14(5-8-16)21-12-13(11-20)19(23)22-15-6-9-17(25-2)18(10-15)26-3/h4-10,12,21H,1-3H3,(H,22,23)/b13-12-. The Morgan fingerprint density at radius 2 is 1.62 bits per heavy atom. The number of amides is 1. The van der Waals surface area contributed by atoms with Gasteiger partial charge in [-0.15, -0.1) is 0 Å². The molecular formula is C19H19N3O4. The molecule has 0 aliphatic rings. The van der Waals surface area contributed by atoms with Gasteiger partial charge < -0.3 is 24.8 Å². The van der Waals surface area contributed by atoms with E-state index in [4.69, 9.17) is 14.2 Å². The molecule has 2 N–H and O–H groups in total. The molecule has 2 rings (SSSR count). The average Bonchev–Trinajstić information content (AvgIpc) is 2.68. The number of hydrogen-bond donors (Lipinski definition) is 2. The fourth-order valence-corrected chi connectivity index (χ4v) is 2.10. The molecule has 0 bridgehead atoms. The van der Waals surface area contributed by atoms with Crippen LogP contribution >= 0.6 is 0 Å². The molecule has 0 aromatic heterocycles. The second-order valence-electron chi connectivity index (χ2n) is 5.07. The van der Waals surface area contributed by atoms with Crippen LogP contribution in [0.1, 0.15) is 0 Å². The molecule has 0 fully saturated rings. The maximum atomic E-state index is 12.3. The number of ether oxygens (including phenoxy) is 3. The maximum absolute atomic E-state index is 12.3. The number of nitrogens with one attached hydrogen (secondary N) is 2. The normalized spacial score (nSPS) is 10.5. The first-order valence-corrected chi connectivity index (χ1v) is 7.65. The number of carbonyl (C=O) groups is 1. The lowest BCUT2D eigenvalue weighted by atomic mass is 10.2. The predicted molar refractivity (Wildman–Crippen MR) is 98.5 cm³/mol. The first kappa shape index (κ1) is 18.7. The summed E-state index contributed by atoms with van der Waals surface area (Å²) in [5, 5.41) is 14.8. The summed E-state index contributed by atoms with van der Waals surface area (Å²) in [5.74, 6) is 1.19. The van der Waals surface area contributed by atoms with Gasteiger partial charge in [0.05, 0.1) is 21.3 Å². The van der Waals surface area contributed by atoms with Crippen LogP contribution in [0.15, 0.2) is 54.2 Å². The number of rotatable bonds is 7. The van der Waals surface area contributed by atoms with Crippen LogP contribution in [0.25, 0.3) is 0 Å². The van der Waals surface area contributed by atoms with Gasteiger partial charge in [0.25, 0.3) is 5.91 Å². The monoisotopic (exact) mass is 353 g/mol. The third-order valence-electron chi connectivity index (χ3n) is 3.48. The number of nitrogens with zero attached hydrogens (tertiary/aromatic N) is 1. The van der Waals surface area contributed by atoms with Crippen LogP contribution in [0.3, 0.4) is 0 Å². The minimum absolute atomic E-state index is 0.0735. The van der Waals surface area contributed by atoms with E-state index in [0.29, 0.717) is 22.9 Å². The zero-order chi connectivity index (χ0) is 18.9. The quantitative estimate of drug-likeness (QED) is 0.587. The van der Waals surface area contributed by atoms with Crippen LogP contribution in [0.5, 0.6) is 17.2 Å². The van der Waals surface area contributed by atoms with Gasteiger partial charge in [-0.3, -0.25) is 4.79 Å². The fourth-order valence-electron chi connectivity index (χ4n) is 2.10. The van der Waals surface area contributed by atoms with Gasteiger partial charge >= 0.3 is 0 Å². The van der Waals surface area contributed by atoms with Gasteiger partial charge in [-0.05, 0) is 36.4 Å². The van der Waals surface area contributed by atoms with Crippen molar-refractivity contribution < 1.29 is 19.0 Å². The molecule has 0 radical (unpaired) electrons. The van der Waals surface area contributed by atoms with E-state index in [1.54, 1.807) is 49.6 Å². The molecule has 0 saturated heterocycles. The molecule has 0 aliphatic heterocycles. The summed E-state index contributed by atoms with van der Waals surface area (Å²) >= 11 is 0. The zero-order valence-electron chi connectivity index (χ0n) is 14.7. The molecule has 0 heterocycles. The van der Waals surface area contributed by atoms with Crippen LogP contribution in [0.2, 0.25) is 0 Å². The molecule has 0 aliphatic carbocycles. The highest BCUT2D eigenvalue weighted by Gasteiger charge is 2.11. The van der Waals surface area contributed by atoms with Gasteiger partial charge in [-0.1, -0.05) is 0 Å². The van der Waals surface area contributed by atoms with Gasteiger partial charge in [0.1, 0.15) is 17.4 Å². The highest BCUT2D eigenvalue weighted by Crippen LogP contribution is 2.29. The van der Waals surface area contributed by atoms with Gasteiger partial charge in [-0.25, -0.2) is 0 Å². The summed E-state index contributed by atoms with van der Waals surface area (Å²) in [7, 11) is 4.61. The second kappa shape index (κ2) is 8.99. The summed E-state index contributed by atoms with van der Waals surface area (Å²) in [4.78, 5) is 12.3. The summed E-state index contributed by atoms with van der Waals surface area (Å²) in [6, 6.07) is 13.9. The molecule has 0 saturated carbocycles. The predicted octanol–water partition coefficient (Wildman–Crippen LogP) is 3.17. The Kier molecular flexibility index (Phi) is 6.46. The van der Waals surface area contributed by atoms with Crippen LogP contribution in [0, 0.1) is 11.3 Å². The molecule has 2 aromatic carbocycles. The van der Waals surface area contributed by atoms with Crippen molar-refractivity contribution in [2.45, 2.75) is 0 Å². The molecule has 0 atom stereocenters. The molecule has 0 spiro atoms. The SMILES string of the molecule is COc1ccc(N/C=C(/C#N)C(=O)Nc2ccc(OC)c(OC)c2)cc1. The summed E-state index contributed by atoms with van der Waals surface area (Å²) in [6.45, 7) is 0. The first-order chi connectivity index (χ1) is 12.6. The minimum atomic E-state index is -0.541. The second-order valence-corrected chi connectivity index (χ2v) is 5.07. The van der Waals surface area contributed by atoms with E-state index in [1.165, 1.54) is 20.4 Å². The van der Waals surface area contributed by atoms with E-state index in [0.717, 1.165) is 5.69 Å². The van der Waals surface area contributed by atoms with Crippen LogP contribution in [-0.4, -0.2) is 27.2 Å². The topological polar surface area (TPSA) is 92.6 Å². The van der Waals surface area contributed by atoms with Crippen molar-refractivity contribution in [3.8, 4) is 23.3 Å². The van der Waals surface area contributed by atoms with Gasteiger partial charge in [0, 0.05) is 23.6 Å². The first-order valence-electron chi connectivity index (χ1n) is 7.65. The lowest BCUT2D eigenvalue weighted by Gasteiger charge is -2.10. The van der Waals surface area contributed by atoms with E-state index < -0.39 is 5.91 Å². The van der Waals surface area contributed by atoms with E-state index in [2.05, 4.69) is 10.6 Å². The minimum Gasteiger partial charge on any atom is -0.497 e. The van der Waals surface area contributed by atoms with Crippen molar-refractivity contribution in [1.82, 2.24) is 0 Å². The van der Waals surface area contributed by atoms with Gasteiger partial charge in [0.2, 0.25) is 0 Å². The van der Waals surface area contributed by atoms with E-state index in [-0.39, 0.29) is 5.57 Å². The van der Waals surface area contributed by atoms with E-state index >= 15 is 0 Å². The van der Waals surface area contributed by atoms with Crippen molar-refractivity contribution >= 4 is 17.3 Å². The van der Waals surface area contributed by atoms with E-state index in [9.17, 15) is 10.1 Å². The lowest BCUT2D eigenvalue weighted by molar-refractivity contribution is -0.112. The highest BCUT2D eigenvalue weighted by atomic mass is 16.5. The van der Waals surface area contributed by atoms with Crippen LogP contribution in [-0.2, 0) is 4.79 Å². The maximum Gasteiger partial charge on any atom is 0.267 e. The zero-order valence-corrected chi connectivity index (χ0v) is 14.7. The number of benzene rings is 2. The molecule has 1 amide bonds. The van der Waals surface area contributed by atoms with Crippen molar-refractivity contribution in [2.75, 3.05) is 32.0 Å². The Morgan fingerprint density at radius 1 is 0.962 bits per heavy atom. The van der Waals surface area contributed by atoms with Gasteiger partial charge in [-0.2, -0.15) is 5.26 Å². The molecular weight excluding hydrogens is 334 g/mol. The van der Waals surface area contributed by atoms with Crippen LogP contribution in [0.4, 0.5) is 11.4 Å². The van der Waals surface area contributed by atoms with Crippen molar-refractivity contribution in [2.24, 2.45) is 0 Å². The summed E-state index contributed by atoms with van der Waals surface area (Å²) in [6.07, 6.45) is 1.35. The Labute approximate surface area is 151 Å². The Balaban J connectivity index is 2.09. The van der Waals surface area contributed by atoms with Crippen molar-refractivity contribution in [3.05, 3.63) is 54.2 Å². The third-order valence-corrected chi connectivity index (χ3v) is 3.48. The fraction of sp³-hybridized carbons (Fsp3) is 0.158. The van der Waals surface area contributed by atoms with Crippen LogP contribution < -0.4 is 24.8 Å². The van der Waals surface area contributed by atoms with E-state index in [1.807, 2.05) is 6.07 Å². The largest absolute Gasteiger partial charge is 0.497 e. The number of anilines is 2. The molecule has 7 nitrogen and oxygen atoms in total. The van der Waals surface area contributed by atoms with Gasteiger partial charge in [0.15, 0.2) is 11.5 Å². The number of hydrogen-bond acceptors (Lipinski definition) is 6. The summed E-state index contributed by atoms with van der Waals surface area (Å²) < 4.78 is 15.4. The Bertz CT molecular complexity index is 839. The van der Waals surface area contributed by atoms with Crippen molar-refractivity contribution in [1.29, 1.82) is 5.26 Å². The molecule has 134 valence electrons. The summed E-state index contributed by atoms with van der Waals surface area (Å²) in [5.41, 5.74) is 1.13. The number of carbonyl (C=O) groups excluding carboxylic acids is 1. The highest BCUT2D eigenvalue weighted by molar-refractivity contribution is 6.06.